The van der Waals surface area contributed by atoms with Crippen molar-refractivity contribution in [1.82, 2.24) is 14.9 Å². The van der Waals surface area contributed by atoms with Gasteiger partial charge in [0.05, 0.1) is 30.4 Å². The highest BCUT2D eigenvalue weighted by Gasteiger charge is 2.51. The number of likely N-dealkylation sites (tertiary alicyclic amines) is 1. The molecule has 56 heavy (non-hydrogen) atoms. The first-order chi connectivity index (χ1) is 27.2. The van der Waals surface area contributed by atoms with E-state index in [9.17, 15) is 18.3 Å². The summed E-state index contributed by atoms with van der Waals surface area (Å²) >= 11 is 0. The Labute approximate surface area is 329 Å². The third-order valence-electron chi connectivity index (χ3n) is 11.6. The number of piperidine rings is 1. The number of rotatable bonds is 11. The Kier molecular flexibility index (Phi) is 11.1. The van der Waals surface area contributed by atoms with Crippen LogP contribution in [-0.4, -0.2) is 62.3 Å². The minimum Gasteiger partial charge on any atom is -0.392 e. The van der Waals surface area contributed by atoms with Crippen molar-refractivity contribution in [1.29, 1.82) is 0 Å². The second kappa shape index (κ2) is 16.3. The number of amides is 1. The smallest absolute Gasteiger partial charge is 0.247 e. The molecule has 5 aromatic rings. The van der Waals surface area contributed by atoms with E-state index >= 15 is 0 Å². The van der Waals surface area contributed by atoms with E-state index in [0.29, 0.717) is 13.2 Å². The number of carbonyl (C=O) groups excluding carboxylic acids is 1. The van der Waals surface area contributed by atoms with Gasteiger partial charge in [0.2, 0.25) is 15.9 Å². The van der Waals surface area contributed by atoms with Crippen molar-refractivity contribution >= 4 is 21.6 Å². The minimum absolute atomic E-state index is 0.0234. The molecular weight excluding hydrogens is 725 g/mol. The Morgan fingerprint density at radius 2 is 1.46 bits per heavy atom. The highest BCUT2D eigenvalue weighted by Crippen LogP contribution is 2.43. The second-order valence-corrected chi connectivity index (χ2v) is 16.8. The number of ether oxygens (including phenoxy) is 2. The van der Waals surface area contributed by atoms with Crippen molar-refractivity contribution in [2.45, 2.75) is 61.8 Å². The molecule has 3 aliphatic rings. The first-order valence-corrected chi connectivity index (χ1v) is 20.8. The van der Waals surface area contributed by atoms with Crippen LogP contribution in [0.15, 0.2) is 138 Å². The topological polar surface area (TPSA) is 120 Å². The highest BCUT2D eigenvalue weighted by atomic mass is 32.2. The molecule has 8 rings (SSSR count). The quantitative estimate of drug-likeness (QED) is 0.139. The van der Waals surface area contributed by atoms with Gasteiger partial charge in [0.25, 0.3) is 0 Å². The van der Waals surface area contributed by atoms with Gasteiger partial charge in [-0.2, -0.15) is 0 Å². The second-order valence-electron chi connectivity index (χ2n) is 15.0. The Balaban J connectivity index is 0.979. The lowest BCUT2D eigenvalue weighted by molar-refractivity contribution is -0.276. The normalized spacial score (nSPS) is 22.6. The van der Waals surface area contributed by atoms with Crippen molar-refractivity contribution in [2.75, 3.05) is 31.2 Å². The predicted molar refractivity (Wildman–Crippen MR) is 216 cm³/mol. The summed E-state index contributed by atoms with van der Waals surface area (Å²) in [6.45, 7) is 5.08. The molecule has 10 nitrogen and oxygen atoms in total. The zero-order chi connectivity index (χ0) is 38.7. The van der Waals surface area contributed by atoms with Crippen LogP contribution in [0.5, 0.6) is 0 Å². The van der Waals surface area contributed by atoms with Gasteiger partial charge >= 0.3 is 0 Å². The van der Waals surface area contributed by atoms with Gasteiger partial charge in [-0.15, -0.1) is 0 Å². The first kappa shape index (κ1) is 38.0. The maximum absolute atomic E-state index is 13.3. The third-order valence-corrected chi connectivity index (χ3v) is 13.0. The molecule has 1 amide bonds. The van der Waals surface area contributed by atoms with Gasteiger partial charge < -0.3 is 29.7 Å². The molecule has 3 fully saturated rings. The van der Waals surface area contributed by atoms with Gasteiger partial charge in [-0.1, -0.05) is 110 Å². The monoisotopic (exact) mass is 772 g/mol. The predicted octanol–water partition coefficient (Wildman–Crippen LogP) is 6.54. The fourth-order valence-corrected chi connectivity index (χ4v) is 9.31. The van der Waals surface area contributed by atoms with Crippen LogP contribution in [0.2, 0.25) is 0 Å². The van der Waals surface area contributed by atoms with Gasteiger partial charge in [0, 0.05) is 43.3 Å². The van der Waals surface area contributed by atoms with E-state index < -0.39 is 21.9 Å². The summed E-state index contributed by atoms with van der Waals surface area (Å²) < 4.78 is 41.9. The summed E-state index contributed by atoms with van der Waals surface area (Å²) in [6.07, 6.45) is 0.443. The Morgan fingerprint density at radius 3 is 2.16 bits per heavy atom. The van der Waals surface area contributed by atoms with Crippen LogP contribution >= 0.6 is 0 Å². The molecule has 0 saturated carbocycles. The van der Waals surface area contributed by atoms with E-state index in [2.05, 4.69) is 38.9 Å². The van der Waals surface area contributed by atoms with Gasteiger partial charge in [0.15, 0.2) is 6.29 Å². The molecule has 290 valence electrons. The molecule has 4 atom stereocenters. The van der Waals surface area contributed by atoms with Crippen LogP contribution in [0.1, 0.15) is 54.4 Å². The summed E-state index contributed by atoms with van der Waals surface area (Å²) in [5, 5.41) is 12.8. The molecule has 0 bridgehead atoms. The van der Waals surface area contributed by atoms with E-state index in [1.54, 1.807) is 30.3 Å². The van der Waals surface area contributed by atoms with Crippen LogP contribution < -0.4 is 14.9 Å². The van der Waals surface area contributed by atoms with Crippen molar-refractivity contribution < 1.29 is 27.8 Å². The largest absolute Gasteiger partial charge is 0.392 e. The number of hydrogen-bond acceptors (Lipinski definition) is 8. The summed E-state index contributed by atoms with van der Waals surface area (Å²) in [4.78, 5) is 18.2. The molecule has 3 heterocycles. The molecule has 3 saturated heterocycles. The number of para-hydroxylation sites is 1. The lowest BCUT2D eigenvalue weighted by Crippen LogP contribution is -2.57. The van der Waals surface area contributed by atoms with Gasteiger partial charge in [-0.05, 0) is 71.0 Å². The van der Waals surface area contributed by atoms with Crippen molar-refractivity contribution in [2.24, 2.45) is 5.92 Å². The average Bonchev–Trinajstić information content (AvgIpc) is 3.56. The standard InChI is InChI=1S/C45H48N4O6S/c1-32-41(29-48-25-23-45(24-26-48)44(51)46-31-49(45)39-11-4-2-5-12-39)54-43(55-42(32)36-17-15-33(30-50)16-18-36)37-21-19-35(20-22-37)38-10-8-9-34(27-38)28-47-56(52,53)40-13-6-3-7-14-40/h2-22,27,32,41-43,47,50H,23-26,28-31H2,1H3,(H,46,51)/t32-,41+,42+,43+/m1/s1. The molecule has 0 radical (unpaired) electrons. The maximum Gasteiger partial charge on any atom is 0.247 e. The van der Waals surface area contributed by atoms with Crippen molar-refractivity contribution in [3.63, 3.8) is 0 Å². The van der Waals surface area contributed by atoms with E-state index in [0.717, 1.165) is 65.0 Å². The van der Waals surface area contributed by atoms with E-state index in [1.165, 1.54) is 0 Å². The van der Waals surface area contributed by atoms with Crippen LogP contribution in [0, 0.1) is 5.92 Å². The molecule has 11 heteroatoms. The SMILES string of the molecule is C[C@@H]1[C@H](CN2CCC3(CC2)C(=O)NCN3c2ccccc2)O[C@H](c2ccc(-c3cccc(CNS(=O)(=O)c4ccccc4)c3)cc2)O[C@@H]1c1ccc(CO)cc1. The Bertz CT molecular complexity index is 2210. The van der Waals surface area contributed by atoms with E-state index in [4.69, 9.17) is 9.47 Å². The number of anilines is 1. The molecule has 0 aliphatic carbocycles. The van der Waals surface area contributed by atoms with Gasteiger partial charge in [-0.3, -0.25) is 4.79 Å². The maximum atomic E-state index is 13.3. The highest BCUT2D eigenvalue weighted by molar-refractivity contribution is 7.89. The molecule has 3 aliphatic heterocycles. The van der Waals surface area contributed by atoms with Crippen molar-refractivity contribution in [3.8, 4) is 11.1 Å². The van der Waals surface area contributed by atoms with Gasteiger partial charge in [0.1, 0.15) is 5.54 Å². The number of benzene rings is 5. The zero-order valence-electron chi connectivity index (χ0n) is 31.5. The fraction of sp³-hybridized carbons (Fsp3) is 0.311. The number of nitrogens with zero attached hydrogens (tertiary/aromatic N) is 2. The van der Waals surface area contributed by atoms with Crippen LogP contribution in [-0.2, 0) is 37.4 Å². The summed E-state index contributed by atoms with van der Waals surface area (Å²) in [6, 6.07) is 42.5. The third kappa shape index (κ3) is 7.88. The van der Waals surface area contributed by atoms with Crippen LogP contribution in [0.4, 0.5) is 5.69 Å². The molecular formula is C45H48N4O6S. The zero-order valence-corrected chi connectivity index (χ0v) is 32.3. The average molecular weight is 773 g/mol. The first-order valence-electron chi connectivity index (χ1n) is 19.3. The van der Waals surface area contributed by atoms with E-state index in [-0.39, 0.29) is 42.1 Å². The number of nitrogens with one attached hydrogen (secondary N) is 2. The molecule has 0 aromatic heterocycles. The number of hydrogen-bond donors (Lipinski definition) is 3. The molecule has 1 spiro atoms. The molecule has 5 aromatic carbocycles. The Hall–Kier alpha value is -4.88. The number of aliphatic hydroxyl groups is 1. The lowest BCUT2D eigenvalue weighted by atomic mass is 9.84. The van der Waals surface area contributed by atoms with Crippen LogP contribution in [0.25, 0.3) is 11.1 Å². The lowest BCUT2D eigenvalue weighted by Gasteiger charge is -2.46. The minimum atomic E-state index is -3.63. The van der Waals surface area contributed by atoms with Crippen molar-refractivity contribution in [3.05, 3.63) is 156 Å². The fourth-order valence-electron chi connectivity index (χ4n) is 8.28. The summed E-state index contributed by atoms with van der Waals surface area (Å²) in [7, 11) is -3.63. The van der Waals surface area contributed by atoms with E-state index in [1.807, 2.05) is 91.0 Å². The van der Waals surface area contributed by atoms with Gasteiger partial charge in [-0.25, -0.2) is 13.1 Å². The number of carbonyl (C=O) groups is 1. The summed E-state index contributed by atoms with van der Waals surface area (Å²) in [5.74, 6) is 0.130. The Morgan fingerprint density at radius 1 is 0.786 bits per heavy atom. The van der Waals surface area contributed by atoms with Crippen LogP contribution in [0.3, 0.4) is 0 Å². The molecule has 0 unspecified atom stereocenters. The number of aliphatic hydroxyl groups excluding tert-OH is 1. The number of sulfonamides is 1. The molecule has 3 N–H and O–H groups in total. The summed E-state index contributed by atoms with van der Waals surface area (Å²) in [5.41, 5.74) is 6.08.